The van der Waals surface area contributed by atoms with Crippen molar-refractivity contribution < 1.29 is 9.59 Å². The number of fused-ring (bicyclic) bond motifs is 1. The van der Waals surface area contributed by atoms with E-state index in [0.29, 0.717) is 5.69 Å². The van der Waals surface area contributed by atoms with E-state index in [1.807, 2.05) is 36.4 Å². The molecule has 1 heterocycles. The van der Waals surface area contributed by atoms with Crippen LogP contribution in [0.15, 0.2) is 36.4 Å². The number of pyridine rings is 1. The topological polar surface area (TPSA) is 76.3 Å². The molecule has 2 N–H and O–H groups in total. The Balaban J connectivity index is 2.12. The fraction of sp³-hybridized carbons (Fsp3) is 0.214. The van der Waals surface area contributed by atoms with Crippen LogP contribution in [-0.4, -0.2) is 35.3 Å². The Morgan fingerprint density at radius 3 is 2.68 bits per heavy atom. The molecule has 1 aromatic carbocycles. The minimum atomic E-state index is -0.526. The summed E-state index contributed by atoms with van der Waals surface area (Å²) in [5, 5.41) is 1.03. The van der Waals surface area contributed by atoms with Crippen molar-refractivity contribution in [3.8, 4) is 0 Å². The summed E-state index contributed by atoms with van der Waals surface area (Å²) in [6, 6.07) is 11.5. The average Bonchev–Trinajstić information content (AvgIpc) is 2.37. The molecule has 0 atom stereocenters. The van der Waals surface area contributed by atoms with E-state index in [4.69, 9.17) is 5.73 Å². The van der Waals surface area contributed by atoms with E-state index in [9.17, 15) is 9.59 Å². The van der Waals surface area contributed by atoms with Crippen molar-refractivity contribution in [3.05, 3.63) is 42.1 Å². The van der Waals surface area contributed by atoms with Crippen molar-refractivity contribution in [1.29, 1.82) is 0 Å². The summed E-state index contributed by atoms with van der Waals surface area (Å²) in [5.41, 5.74) is 6.58. The number of nitrogens with zero attached hydrogens (tertiary/aromatic N) is 2. The molecule has 2 aromatic rings. The number of nitrogens with two attached hydrogens (primary N) is 1. The van der Waals surface area contributed by atoms with Gasteiger partial charge in [0.2, 0.25) is 11.8 Å². The number of carbonyl (C=O) groups is 2. The van der Waals surface area contributed by atoms with Crippen molar-refractivity contribution in [1.82, 2.24) is 9.88 Å². The molecule has 2 rings (SSSR count). The van der Waals surface area contributed by atoms with E-state index >= 15 is 0 Å². The van der Waals surface area contributed by atoms with E-state index < -0.39 is 5.91 Å². The smallest absolute Gasteiger partial charge is 0.237 e. The summed E-state index contributed by atoms with van der Waals surface area (Å²) < 4.78 is 0. The highest BCUT2D eigenvalue weighted by molar-refractivity contribution is 5.85. The highest BCUT2D eigenvalue weighted by atomic mass is 16.2. The number of benzene rings is 1. The first kappa shape index (κ1) is 13.0. The standard InChI is InChI=1S/C14H15N3O2/c1-17(9-13(15)18)14(19)8-11-7-6-10-4-2-3-5-12(10)16-11/h2-7H,8-9H2,1H3,(H2,15,18). The largest absolute Gasteiger partial charge is 0.368 e. The molecule has 0 fully saturated rings. The van der Waals surface area contributed by atoms with Gasteiger partial charge in [0.1, 0.15) is 0 Å². The molecular weight excluding hydrogens is 242 g/mol. The lowest BCUT2D eigenvalue weighted by Gasteiger charge is -2.14. The number of aromatic nitrogens is 1. The molecule has 0 bridgehead atoms. The number of rotatable bonds is 4. The second-order valence-electron chi connectivity index (χ2n) is 4.39. The van der Waals surface area contributed by atoms with E-state index in [1.54, 1.807) is 7.05 Å². The van der Waals surface area contributed by atoms with Gasteiger partial charge in [0.15, 0.2) is 0 Å². The molecular formula is C14H15N3O2. The molecule has 5 nitrogen and oxygen atoms in total. The van der Waals surface area contributed by atoms with Crippen LogP contribution in [-0.2, 0) is 16.0 Å². The summed E-state index contributed by atoms with van der Waals surface area (Å²) in [7, 11) is 1.55. The van der Waals surface area contributed by atoms with Gasteiger partial charge in [-0.2, -0.15) is 0 Å². The lowest BCUT2D eigenvalue weighted by molar-refractivity contribution is -0.133. The summed E-state index contributed by atoms with van der Waals surface area (Å²) in [4.78, 5) is 28.3. The van der Waals surface area contributed by atoms with Gasteiger partial charge < -0.3 is 10.6 Å². The zero-order chi connectivity index (χ0) is 13.8. The van der Waals surface area contributed by atoms with Crippen LogP contribution in [0.2, 0.25) is 0 Å². The van der Waals surface area contributed by atoms with Crippen molar-refractivity contribution in [2.24, 2.45) is 5.73 Å². The van der Waals surface area contributed by atoms with Gasteiger partial charge in [-0.15, -0.1) is 0 Å². The third kappa shape index (κ3) is 3.28. The van der Waals surface area contributed by atoms with Crippen LogP contribution in [0.3, 0.4) is 0 Å². The minimum Gasteiger partial charge on any atom is -0.368 e. The maximum absolute atomic E-state index is 11.9. The number of amides is 2. The van der Waals surface area contributed by atoms with Gasteiger partial charge in [-0.1, -0.05) is 24.3 Å². The Bertz CT molecular complexity index is 625. The highest BCUT2D eigenvalue weighted by Crippen LogP contribution is 2.12. The van der Waals surface area contributed by atoms with Gasteiger partial charge in [-0.25, -0.2) is 0 Å². The Labute approximate surface area is 111 Å². The van der Waals surface area contributed by atoms with Crippen LogP contribution in [0.5, 0.6) is 0 Å². The molecule has 0 unspecified atom stereocenters. The first-order valence-corrected chi connectivity index (χ1v) is 5.93. The summed E-state index contributed by atoms with van der Waals surface area (Å²) in [6.07, 6.45) is 0.161. The third-order valence-corrected chi connectivity index (χ3v) is 2.81. The van der Waals surface area contributed by atoms with Gasteiger partial charge in [0.25, 0.3) is 0 Å². The predicted octanol–water partition coefficient (Wildman–Crippen LogP) is 0.721. The zero-order valence-corrected chi connectivity index (χ0v) is 10.7. The van der Waals surface area contributed by atoms with Gasteiger partial charge in [-0.05, 0) is 12.1 Å². The first-order valence-electron chi connectivity index (χ1n) is 5.93. The monoisotopic (exact) mass is 257 g/mol. The maximum Gasteiger partial charge on any atom is 0.237 e. The van der Waals surface area contributed by atoms with E-state index in [1.165, 1.54) is 4.90 Å². The number of hydrogen-bond donors (Lipinski definition) is 1. The molecule has 0 radical (unpaired) electrons. The Hall–Kier alpha value is -2.43. The van der Waals surface area contributed by atoms with Gasteiger partial charge in [0.05, 0.1) is 24.2 Å². The van der Waals surface area contributed by atoms with Gasteiger partial charge >= 0.3 is 0 Å². The van der Waals surface area contributed by atoms with E-state index in [-0.39, 0.29) is 18.9 Å². The van der Waals surface area contributed by atoms with Crippen LogP contribution in [0.4, 0.5) is 0 Å². The Morgan fingerprint density at radius 2 is 1.95 bits per heavy atom. The molecule has 0 aliphatic heterocycles. The summed E-state index contributed by atoms with van der Waals surface area (Å²) >= 11 is 0. The van der Waals surface area contributed by atoms with Gasteiger partial charge in [-0.3, -0.25) is 14.6 Å². The Kier molecular flexibility index (Phi) is 3.75. The lowest BCUT2D eigenvalue weighted by Crippen LogP contribution is -2.36. The average molecular weight is 257 g/mol. The molecule has 1 aromatic heterocycles. The van der Waals surface area contributed by atoms with Crippen molar-refractivity contribution in [2.75, 3.05) is 13.6 Å². The Morgan fingerprint density at radius 1 is 1.21 bits per heavy atom. The second-order valence-corrected chi connectivity index (χ2v) is 4.39. The van der Waals surface area contributed by atoms with Crippen LogP contribution >= 0.6 is 0 Å². The molecule has 0 spiro atoms. The maximum atomic E-state index is 11.9. The highest BCUT2D eigenvalue weighted by Gasteiger charge is 2.12. The molecule has 5 heteroatoms. The fourth-order valence-corrected chi connectivity index (χ4v) is 1.82. The molecule has 19 heavy (non-hydrogen) atoms. The predicted molar refractivity (Wildman–Crippen MR) is 72.3 cm³/mol. The van der Waals surface area contributed by atoms with Crippen LogP contribution in [0.25, 0.3) is 10.9 Å². The lowest BCUT2D eigenvalue weighted by atomic mass is 10.1. The van der Waals surface area contributed by atoms with E-state index in [2.05, 4.69) is 4.98 Å². The first-order chi connectivity index (χ1) is 9.06. The normalized spacial score (nSPS) is 10.4. The molecule has 2 amide bonds. The molecule has 0 aliphatic carbocycles. The van der Waals surface area contributed by atoms with Crippen LogP contribution in [0.1, 0.15) is 5.69 Å². The quantitative estimate of drug-likeness (QED) is 0.876. The van der Waals surface area contributed by atoms with E-state index in [0.717, 1.165) is 10.9 Å². The van der Waals surface area contributed by atoms with Crippen molar-refractivity contribution >= 4 is 22.7 Å². The zero-order valence-electron chi connectivity index (χ0n) is 10.7. The van der Waals surface area contributed by atoms with Crippen LogP contribution < -0.4 is 5.73 Å². The molecule has 0 saturated heterocycles. The summed E-state index contributed by atoms with van der Waals surface area (Å²) in [5.74, 6) is -0.705. The molecule has 0 aliphatic rings. The number of hydrogen-bond acceptors (Lipinski definition) is 3. The minimum absolute atomic E-state index is 0.0770. The van der Waals surface area contributed by atoms with Crippen molar-refractivity contribution in [3.63, 3.8) is 0 Å². The molecule has 98 valence electrons. The van der Waals surface area contributed by atoms with Crippen LogP contribution in [0, 0.1) is 0 Å². The number of carbonyl (C=O) groups excluding carboxylic acids is 2. The third-order valence-electron chi connectivity index (χ3n) is 2.81. The molecule has 0 saturated carbocycles. The number of likely N-dealkylation sites (N-methyl/N-ethyl adjacent to an activating group) is 1. The van der Waals surface area contributed by atoms with Crippen molar-refractivity contribution in [2.45, 2.75) is 6.42 Å². The fourth-order valence-electron chi connectivity index (χ4n) is 1.82. The number of primary amides is 1. The number of para-hydroxylation sites is 1. The SMILES string of the molecule is CN(CC(N)=O)C(=O)Cc1ccc2ccccc2n1. The van der Waals surface area contributed by atoms with Gasteiger partial charge in [0, 0.05) is 12.4 Å². The summed E-state index contributed by atoms with van der Waals surface area (Å²) in [6.45, 7) is -0.0770. The second kappa shape index (κ2) is 5.48.